The summed E-state index contributed by atoms with van der Waals surface area (Å²) in [6.07, 6.45) is 2.47. The second-order valence-corrected chi connectivity index (χ2v) is 6.17. The van der Waals surface area contributed by atoms with Gasteiger partial charge in [0.2, 0.25) is 0 Å². The molecule has 0 atom stereocenters. The highest BCUT2D eigenvalue weighted by Gasteiger charge is 2.29. The molecule has 0 amide bonds. The molecule has 1 heterocycles. The average Bonchev–Trinajstić information content (AvgIpc) is 3.18. The van der Waals surface area contributed by atoms with Crippen molar-refractivity contribution in [2.45, 2.75) is 32.0 Å². The summed E-state index contributed by atoms with van der Waals surface area (Å²) in [4.78, 5) is 3.76. The van der Waals surface area contributed by atoms with Crippen LogP contribution in [-0.2, 0) is 13.1 Å². The normalized spacial score (nSPS) is 14.4. The van der Waals surface area contributed by atoms with Crippen LogP contribution in [0.5, 0.6) is 0 Å². The van der Waals surface area contributed by atoms with E-state index in [-0.39, 0.29) is 5.56 Å². The number of halogens is 1. The molecule has 2 aromatic rings. The Hall–Kier alpha value is -1.70. The molecular formula is C16H15FN2S. The zero-order chi connectivity index (χ0) is 13.9. The molecule has 1 fully saturated rings. The third kappa shape index (κ3) is 3.06. The number of nitrogens with zero attached hydrogens (tertiary/aromatic N) is 2. The maximum Gasteiger partial charge on any atom is 0.140 e. The van der Waals surface area contributed by atoms with E-state index in [1.807, 2.05) is 6.07 Å². The Morgan fingerprint density at radius 2 is 2.15 bits per heavy atom. The molecule has 0 radical (unpaired) electrons. The fourth-order valence-corrected chi connectivity index (χ4v) is 3.08. The lowest BCUT2D eigenvalue weighted by Crippen LogP contribution is -2.24. The first-order chi connectivity index (χ1) is 9.76. The van der Waals surface area contributed by atoms with E-state index in [1.165, 1.54) is 23.8 Å². The lowest BCUT2D eigenvalue weighted by Gasteiger charge is -2.21. The first kappa shape index (κ1) is 13.3. The second-order valence-electron chi connectivity index (χ2n) is 5.14. The lowest BCUT2D eigenvalue weighted by atomic mass is 10.1. The standard InChI is InChI=1S/C16H15FN2S/c17-16-6-3-12(8-13(16)9-18)10-19(14-4-5-14)11-15-2-1-7-20-15/h1-3,6-8,14H,4-5,10-11H2. The molecular weight excluding hydrogens is 271 g/mol. The molecule has 102 valence electrons. The van der Waals surface area contributed by atoms with Gasteiger partial charge in [0.1, 0.15) is 11.9 Å². The molecule has 0 bridgehead atoms. The van der Waals surface area contributed by atoms with Crippen molar-refractivity contribution in [3.05, 3.63) is 57.5 Å². The summed E-state index contributed by atoms with van der Waals surface area (Å²) in [7, 11) is 0. The third-order valence-electron chi connectivity index (χ3n) is 3.54. The Morgan fingerprint density at radius 3 is 2.80 bits per heavy atom. The molecule has 1 aliphatic rings. The lowest BCUT2D eigenvalue weighted by molar-refractivity contribution is 0.248. The van der Waals surface area contributed by atoms with Gasteiger partial charge in [-0.1, -0.05) is 12.1 Å². The maximum absolute atomic E-state index is 13.3. The summed E-state index contributed by atoms with van der Waals surface area (Å²) < 4.78 is 13.3. The van der Waals surface area contributed by atoms with Crippen molar-refractivity contribution in [2.75, 3.05) is 0 Å². The van der Waals surface area contributed by atoms with Gasteiger partial charge in [0, 0.05) is 24.0 Å². The first-order valence-corrected chi connectivity index (χ1v) is 7.59. The van der Waals surface area contributed by atoms with Crippen LogP contribution in [0.1, 0.15) is 28.8 Å². The van der Waals surface area contributed by atoms with Crippen molar-refractivity contribution < 1.29 is 4.39 Å². The fourth-order valence-electron chi connectivity index (χ4n) is 2.35. The van der Waals surface area contributed by atoms with E-state index >= 15 is 0 Å². The van der Waals surface area contributed by atoms with Gasteiger partial charge in [-0.15, -0.1) is 11.3 Å². The van der Waals surface area contributed by atoms with Crippen molar-refractivity contribution in [1.29, 1.82) is 5.26 Å². The van der Waals surface area contributed by atoms with Gasteiger partial charge in [-0.2, -0.15) is 5.26 Å². The Labute approximate surface area is 122 Å². The minimum absolute atomic E-state index is 0.134. The predicted octanol–water partition coefficient (Wildman–Crippen LogP) is 3.92. The molecule has 3 rings (SSSR count). The van der Waals surface area contributed by atoms with E-state index in [0.29, 0.717) is 6.04 Å². The van der Waals surface area contributed by atoms with E-state index in [0.717, 1.165) is 18.7 Å². The van der Waals surface area contributed by atoms with Gasteiger partial charge in [0.15, 0.2) is 0 Å². The molecule has 2 nitrogen and oxygen atoms in total. The average molecular weight is 286 g/mol. The predicted molar refractivity (Wildman–Crippen MR) is 77.7 cm³/mol. The number of hydrogen-bond acceptors (Lipinski definition) is 3. The minimum atomic E-state index is -0.438. The van der Waals surface area contributed by atoms with Crippen molar-refractivity contribution in [3.63, 3.8) is 0 Å². The summed E-state index contributed by atoms with van der Waals surface area (Å²) in [5, 5.41) is 11.0. The molecule has 0 aliphatic heterocycles. The van der Waals surface area contributed by atoms with E-state index in [1.54, 1.807) is 23.5 Å². The number of thiophene rings is 1. The van der Waals surface area contributed by atoms with Gasteiger partial charge in [-0.05, 0) is 42.0 Å². The number of benzene rings is 1. The number of rotatable bonds is 5. The molecule has 20 heavy (non-hydrogen) atoms. The van der Waals surface area contributed by atoms with Gasteiger partial charge >= 0.3 is 0 Å². The van der Waals surface area contributed by atoms with Crippen LogP contribution < -0.4 is 0 Å². The van der Waals surface area contributed by atoms with Gasteiger partial charge in [0.05, 0.1) is 5.56 Å². The SMILES string of the molecule is N#Cc1cc(CN(Cc2cccs2)C2CC2)ccc1F. The van der Waals surface area contributed by atoms with Crippen LogP contribution in [0.2, 0.25) is 0 Å². The highest BCUT2D eigenvalue weighted by molar-refractivity contribution is 7.09. The summed E-state index contributed by atoms with van der Waals surface area (Å²) in [6, 6.07) is 11.6. The number of nitriles is 1. The second kappa shape index (κ2) is 5.74. The Bertz CT molecular complexity index is 626. The third-order valence-corrected chi connectivity index (χ3v) is 4.40. The van der Waals surface area contributed by atoms with Gasteiger partial charge in [-0.25, -0.2) is 4.39 Å². The van der Waals surface area contributed by atoms with Crippen molar-refractivity contribution in [3.8, 4) is 6.07 Å². The van der Waals surface area contributed by atoms with Crippen LogP contribution in [0.3, 0.4) is 0 Å². The molecule has 0 unspecified atom stereocenters. The fraction of sp³-hybridized carbons (Fsp3) is 0.312. The Morgan fingerprint density at radius 1 is 1.30 bits per heavy atom. The largest absolute Gasteiger partial charge is 0.291 e. The summed E-state index contributed by atoms with van der Waals surface area (Å²) >= 11 is 1.76. The molecule has 1 aromatic heterocycles. The first-order valence-electron chi connectivity index (χ1n) is 6.71. The van der Waals surface area contributed by atoms with Crippen molar-refractivity contribution >= 4 is 11.3 Å². The molecule has 0 N–H and O–H groups in total. The van der Waals surface area contributed by atoms with Gasteiger partial charge in [0.25, 0.3) is 0 Å². The van der Waals surface area contributed by atoms with E-state index in [9.17, 15) is 4.39 Å². The van der Waals surface area contributed by atoms with Crippen LogP contribution in [0, 0.1) is 17.1 Å². The van der Waals surface area contributed by atoms with Gasteiger partial charge in [-0.3, -0.25) is 4.90 Å². The molecule has 1 aromatic carbocycles. The zero-order valence-corrected chi connectivity index (χ0v) is 11.9. The molecule has 1 saturated carbocycles. The summed E-state index contributed by atoms with van der Waals surface area (Å²) in [5.41, 5.74) is 1.14. The molecule has 0 spiro atoms. The molecule has 1 aliphatic carbocycles. The monoisotopic (exact) mass is 286 g/mol. The van der Waals surface area contributed by atoms with Crippen LogP contribution in [0.15, 0.2) is 35.7 Å². The minimum Gasteiger partial charge on any atom is -0.291 e. The van der Waals surface area contributed by atoms with E-state index < -0.39 is 5.82 Å². The van der Waals surface area contributed by atoms with Crippen LogP contribution >= 0.6 is 11.3 Å². The highest BCUT2D eigenvalue weighted by atomic mass is 32.1. The Balaban J connectivity index is 1.75. The highest BCUT2D eigenvalue weighted by Crippen LogP contribution is 2.30. The topological polar surface area (TPSA) is 27.0 Å². The maximum atomic E-state index is 13.3. The van der Waals surface area contributed by atoms with Crippen LogP contribution in [-0.4, -0.2) is 10.9 Å². The summed E-state index contributed by atoms with van der Waals surface area (Å²) in [5.74, 6) is -0.438. The summed E-state index contributed by atoms with van der Waals surface area (Å²) in [6.45, 7) is 1.71. The smallest absolute Gasteiger partial charge is 0.140 e. The zero-order valence-electron chi connectivity index (χ0n) is 11.1. The van der Waals surface area contributed by atoms with E-state index in [4.69, 9.17) is 5.26 Å². The van der Waals surface area contributed by atoms with Gasteiger partial charge < -0.3 is 0 Å². The van der Waals surface area contributed by atoms with Crippen LogP contribution in [0.25, 0.3) is 0 Å². The molecule has 4 heteroatoms. The number of hydrogen-bond donors (Lipinski definition) is 0. The Kier molecular flexibility index (Phi) is 3.81. The van der Waals surface area contributed by atoms with E-state index in [2.05, 4.69) is 22.4 Å². The molecule has 0 saturated heterocycles. The van der Waals surface area contributed by atoms with Crippen LogP contribution in [0.4, 0.5) is 4.39 Å². The quantitative estimate of drug-likeness (QED) is 0.833. The van der Waals surface area contributed by atoms with Crippen molar-refractivity contribution in [2.24, 2.45) is 0 Å². The van der Waals surface area contributed by atoms with Crippen molar-refractivity contribution in [1.82, 2.24) is 4.90 Å².